The molecule has 0 bridgehead atoms. The van der Waals surface area contributed by atoms with Gasteiger partial charge in [-0.2, -0.15) is 14.5 Å². The van der Waals surface area contributed by atoms with Crippen LogP contribution in [0, 0.1) is 5.82 Å². The van der Waals surface area contributed by atoms with Crippen LogP contribution in [0.5, 0.6) is 0 Å². The summed E-state index contributed by atoms with van der Waals surface area (Å²) in [5, 5.41) is 7.69. The van der Waals surface area contributed by atoms with E-state index < -0.39 is 9.39 Å². The second-order valence-corrected chi connectivity index (χ2v) is 14.7. The van der Waals surface area contributed by atoms with Crippen LogP contribution in [-0.2, 0) is 13.1 Å². The molecule has 0 saturated carbocycles. The highest BCUT2D eigenvalue weighted by Crippen LogP contribution is 2.33. The molecule has 1 aliphatic heterocycles. The van der Waals surface area contributed by atoms with Crippen LogP contribution < -0.4 is 4.72 Å². The Labute approximate surface area is 256 Å². The molecular formula is C34H35FN8S. The Bertz CT molecular complexity index is 2090. The number of aromatic amines is 2. The maximum atomic E-state index is 14.7. The van der Waals surface area contributed by atoms with Gasteiger partial charge in [0, 0.05) is 36.6 Å². The number of fused-ring (bicyclic) bond motifs is 2. The summed E-state index contributed by atoms with van der Waals surface area (Å²) < 4.78 is 18.1. The monoisotopic (exact) mass is 606 g/mol. The van der Waals surface area contributed by atoms with Crippen molar-refractivity contribution < 1.29 is 4.39 Å². The Morgan fingerprint density at radius 1 is 0.909 bits per heavy atom. The highest BCUT2D eigenvalue weighted by molar-refractivity contribution is 8.25. The first-order chi connectivity index (χ1) is 21.3. The van der Waals surface area contributed by atoms with Crippen LogP contribution >= 0.6 is 9.39 Å². The highest BCUT2D eigenvalue weighted by Gasteiger charge is 2.18. The zero-order chi connectivity index (χ0) is 30.3. The number of pyridine rings is 2. The fourth-order valence-corrected chi connectivity index (χ4v) is 6.37. The van der Waals surface area contributed by atoms with E-state index in [4.69, 9.17) is 9.97 Å². The number of nitrogens with zero attached hydrogens (tertiary/aromatic N) is 5. The van der Waals surface area contributed by atoms with Crippen LogP contribution in [0.2, 0.25) is 0 Å². The van der Waals surface area contributed by atoms with Gasteiger partial charge in [0.2, 0.25) is 0 Å². The lowest BCUT2D eigenvalue weighted by Gasteiger charge is -2.26. The maximum Gasteiger partial charge on any atom is 0.161 e. The molecule has 2 aromatic carbocycles. The molecule has 224 valence electrons. The van der Waals surface area contributed by atoms with Crippen molar-refractivity contribution in [1.82, 2.24) is 39.8 Å². The Kier molecular flexibility index (Phi) is 7.49. The molecule has 0 aliphatic carbocycles. The van der Waals surface area contributed by atoms with Gasteiger partial charge in [0.25, 0.3) is 0 Å². The van der Waals surface area contributed by atoms with E-state index in [1.807, 2.05) is 55.0 Å². The number of hydrogen-bond acceptors (Lipinski definition) is 6. The standard InChI is InChI=1S/C34H35FN8S/c1-44(2,3)37-19-22-14-24(17-26(35)16-22)27-8-7-9-29-31(27)40-34(39-29)33-32-30(41-42-33)11-10-28(38-32)25-15-23(18-36-20-25)21-43-12-5-4-6-13-43/h7-11,14-18,20,37H,1-2,4-6,12-13,19,21H2,3H3,(H,39,40)(H,41,42). The summed E-state index contributed by atoms with van der Waals surface area (Å²) in [4.78, 5) is 20.4. The van der Waals surface area contributed by atoms with Gasteiger partial charge in [-0.05, 0) is 91.3 Å². The maximum absolute atomic E-state index is 14.7. The van der Waals surface area contributed by atoms with E-state index in [0.717, 1.165) is 69.6 Å². The summed E-state index contributed by atoms with van der Waals surface area (Å²) in [5.41, 5.74) is 9.11. The smallest absolute Gasteiger partial charge is 0.161 e. The zero-order valence-corrected chi connectivity index (χ0v) is 25.6. The molecule has 10 heteroatoms. The van der Waals surface area contributed by atoms with E-state index in [-0.39, 0.29) is 5.82 Å². The lowest BCUT2D eigenvalue weighted by Crippen LogP contribution is -2.29. The third kappa shape index (κ3) is 6.01. The second-order valence-electron chi connectivity index (χ2n) is 11.8. The van der Waals surface area contributed by atoms with Gasteiger partial charge in [-0.25, -0.2) is 14.4 Å². The average Bonchev–Trinajstić information content (AvgIpc) is 3.64. The fraction of sp³-hybridized carbons (Fsp3) is 0.235. The summed E-state index contributed by atoms with van der Waals surface area (Å²) in [5.74, 6) is 8.41. The molecule has 0 spiro atoms. The van der Waals surface area contributed by atoms with Gasteiger partial charge < -0.3 is 4.98 Å². The molecule has 0 atom stereocenters. The van der Waals surface area contributed by atoms with E-state index in [1.54, 1.807) is 0 Å². The van der Waals surface area contributed by atoms with Crippen LogP contribution in [0.25, 0.3) is 56.0 Å². The van der Waals surface area contributed by atoms with Crippen LogP contribution in [0.15, 0.2) is 67.0 Å². The molecule has 7 rings (SSSR count). The van der Waals surface area contributed by atoms with Crippen molar-refractivity contribution in [2.45, 2.75) is 32.4 Å². The summed E-state index contributed by atoms with van der Waals surface area (Å²) in [6.45, 7) is 3.65. The van der Waals surface area contributed by atoms with Crippen molar-refractivity contribution in [2.24, 2.45) is 0 Å². The third-order valence-electron chi connectivity index (χ3n) is 7.98. The van der Waals surface area contributed by atoms with Gasteiger partial charge in [0.1, 0.15) is 11.3 Å². The number of likely N-dealkylation sites (tertiary alicyclic amines) is 1. The number of benzene rings is 2. The molecule has 8 nitrogen and oxygen atoms in total. The first-order valence-corrected chi connectivity index (χ1v) is 17.2. The average molecular weight is 607 g/mol. The first kappa shape index (κ1) is 28.4. The van der Waals surface area contributed by atoms with Crippen molar-refractivity contribution in [2.75, 3.05) is 19.3 Å². The molecular weight excluding hydrogens is 571 g/mol. The van der Waals surface area contributed by atoms with Crippen molar-refractivity contribution in [1.29, 1.82) is 0 Å². The third-order valence-corrected chi connectivity index (χ3v) is 8.82. The quantitative estimate of drug-likeness (QED) is 0.168. The number of H-pyrrole nitrogens is 2. The molecule has 0 radical (unpaired) electrons. The molecule has 5 heterocycles. The fourth-order valence-electron chi connectivity index (χ4n) is 5.86. The number of rotatable bonds is 8. The van der Waals surface area contributed by atoms with Gasteiger partial charge >= 0.3 is 0 Å². The minimum absolute atomic E-state index is 0.304. The van der Waals surface area contributed by atoms with E-state index >= 15 is 0 Å². The Morgan fingerprint density at radius 3 is 2.59 bits per heavy atom. The Balaban J connectivity index is 1.23. The summed E-state index contributed by atoms with van der Waals surface area (Å²) in [6, 6.07) is 17.1. The van der Waals surface area contributed by atoms with Crippen LogP contribution in [0.4, 0.5) is 4.39 Å². The second kappa shape index (κ2) is 11.6. The Morgan fingerprint density at radius 2 is 1.75 bits per heavy atom. The van der Waals surface area contributed by atoms with Gasteiger partial charge in [-0.3, -0.25) is 19.7 Å². The number of para-hydroxylation sites is 1. The summed E-state index contributed by atoms with van der Waals surface area (Å²) >= 11 is 0. The number of nitrogens with one attached hydrogen (secondary N) is 3. The molecule has 1 aliphatic rings. The van der Waals surface area contributed by atoms with Crippen molar-refractivity contribution >= 4 is 43.2 Å². The number of hydrogen-bond donors (Lipinski definition) is 3. The summed E-state index contributed by atoms with van der Waals surface area (Å²) in [6.07, 6.45) is 9.60. The van der Waals surface area contributed by atoms with Crippen molar-refractivity contribution in [3.63, 3.8) is 0 Å². The van der Waals surface area contributed by atoms with Gasteiger partial charge in [-0.15, -0.1) is 0 Å². The van der Waals surface area contributed by atoms with Gasteiger partial charge in [0.15, 0.2) is 11.5 Å². The Hall–Kier alpha value is -4.38. The molecule has 0 amide bonds. The molecule has 1 fully saturated rings. The predicted molar refractivity (Wildman–Crippen MR) is 181 cm³/mol. The highest BCUT2D eigenvalue weighted by atomic mass is 32.2. The number of aromatic nitrogens is 6. The van der Waals surface area contributed by atoms with Crippen LogP contribution in [0.1, 0.15) is 30.4 Å². The van der Waals surface area contributed by atoms with E-state index in [1.165, 1.54) is 37.0 Å². The lowest BCUT2D eigenvalue weighted by molar-refractivity contribution is 0.220. The topological polar surface area (TPSA) is 98.4 Å². The molecule has 1 saturated heterocycles. The lowest BCUT2D eigenvalue weighted by atomic mass is 10.0. The van der Waals surface area contributed by atoms with E-state index in [0.29, 0.717) is 18.1 Å². The van der Waals surface area contributed by atoms with Crippen LogP contribution in [-0.4, -0.2) is 66.1 Å². The largest absolute Gasteiger partial charge is 0.336 e. The SMILES string of the molecule is C=S(=C)(C)NCc1cc(F)cc(-c2cccc3[nH]c(-c4n[nH]c5ccc(-c6cncc(CN7CCCCC7)c6)nc45)nc23)c1. The summed E-state index contributed by atoms with van der Waals surface area (Å²) in [7, 11) is -1.43. The number of imidazole rings is 1. The van der Waals surface area contributed by atoms with Crippen molar-refractivity contribution in [3.05, 3.63) is 83.9 Å². The van der Waals surface area contributed by atoms with Gasteiger partial charge in [0.05, 0.1) is 22.2 Å². The zero-order valence-electron chi connectivity index (χ0n) is 24.7. The minimum atomic E-state index is -1.43. The predicted octanol–water partition coefficient (Wildman–Crippen LogP) is 6.66. The molecule has 44 heavy (non-hydrogen) atoms. The van der Waals surface area contributed by atoms with E-state index in [2.05, 4.69) is 47.6 Å². The molecule has 3 N–H and O–H groups in total. The van der Waals surface area contributed by atoms with Crippen molar-refractivity contribution in [3.8, 4) is 33.9 Å². The minimum Gasteiger partial charge on any atom is -0.336 e. The first-order valence-electron chi connectivity index (χ1n) is 14.8. The number of piperidine rings is 1. The molecule has 0 unspecified atom stereocenters. The normalized spacial score (nSPS) is 14.5. The number of halogens is 1. The molecule has 4 aromatic heterocycles. The van der Waals surface area contributed by atoms with Gasteiger partial charge in [-0.1, -0.05) is 30.3 Å². The van der Waals surface area contributed by atoms with Crippen LogP contribution in [0.3, 0.4) is 0 Å². The molecule has 6 aromatic rings. The van der Waals surface area contributed by atoms with E-state index in [9.17, 15) is 4.39 Å².